The molecule has 0 bridgehead atoms. The number of nitro groups is 1. The summed E-state index contributed by atoms with van der Waals surface area (Å²) in [4.78, 5) is 29.7. The predicted octanol–water partition coefficient (Wildman–Crippen LogP) is 2.75. The lowest BCUT2D eigenvalue weighted by atomic mass is 10.1. The highest BCUT2D eigenvalue weighted by Crippen LogP contribution is 2.35. The van der Waals surface area contributed by atoms with E-state index in [-0.39, 0.29) is 21.8 Å². The number of hydrogen-bond acceptors (Lipinski definition) is 6. The second-order valence-corrected chi connectivity index (χ2v) is 5.38. The minimum atomic E-state index is -0.683. The number of aromatic nitrogens is 3. The summed E-state index contributed by atoms with van der Waals surface area (Å²) in [5, 5.41) is 22.3. The number of aromatic amines is 1. The molecule has 0 saturated carbocycles. The summed E-state index contributed by atoms with van der Waals surface area (Å²) in [7, 11) is 0. The Bertz CT molecular complexity index is 1090. The van der Waals surface area contributed by atoms with Gasteiger partial charge in [-0.05, 0) is 31.3 Å². The molecule has 0 radical (unpaired) electrons. The van der Waals surface area contributed by atoms with Crippen molar-refractivity contribution in [2.45, 2.75) is 13.5 Å². The molecule has 0 saturated heterocycles. The Morgan fingerprint density at radius 2 is 2.12 bits per heavy atom. The lowest BCUT2D eigenvalue weighted by Gasteiger charge is -2.13. The van der Waals surface area contributed by atoms with E-state index < -0.39 is 16.2 Å². The van der Waals surface area contributed by atoms with E-state index in [1.165, 1.54) is 4.57 Å². The van der Waals surface area contributed by atoms with Crippen LogP contribution in [0.3, 0.4) is 0 Å². The third kappa shape index (κ3) is 2.35. The Morgan fingerprint density at radius 3 is 2.79 bits per heavy atom. The number of hydrogen-bond donors (Lipinski definition) is 2. The molecule has 0 fully saturated rings. The van der Waals surface area contributed by atoms with E-state index in [9.17, 15) is 20.0 Å². The Balaban J connectivity index is 2.53. The highest BCUT2D eigenvalue weighted by molar-refractivity contribution is 7.71. The van der Waals surface area contributed by atoms with Crippen LogP contribution >= 0.6 is 12.2 Å². The monoisotopic (exact) mass is 344 g/mol. The van der Waals surface area contributed by atoms with Gasteiger partial charge in [0.05, 0.1) is 10.4 Å². The smallest absolute Gasteiger partial charge is 0.311 e. The van der Waals surface area contributed by atoms with Crippen LogP contribution in [0.2, 0.25) is 0 Å². The maximum Gasteiger partial charge on any atom is 0.311 e. The third-order valence-electron chi connectivity index (χ3n) is 3.70. The molecule has 1 aromatic carbocycles. The highest BCUT2D eigenvalue weighted by atomic mass is 32.1. The number of nitrogens with one attached hydrogen (secondary N) is 1. The van der Waals surface area contributed by atoms with Crippen molar-refractivity contribution in [3.63, 3.8) is 0 Å². The number of H-pyrrole nitrogens is 1. The van der Waals surface area contributed by atoms with E-state index in [2.05, 4.69) is 9.97 Å². The van der Waals surface area contributed by atoms with Crippen molar-refractivity contribution in [1.82, 2.24) is 14.5 Å². The molecular weight excluding hydrogens is 332 g/mol. The SMILES string of the molecule is CCn1c(=O)c(-c2[nH]c(=S)ncc2[N+](=O)[O-])c(O)c2ccccc21. The Morgan fingerprint density at radius 1 is 1.42 bits per heavy atom. The van der Waals surface area contributed by atoms with Crippen LogP contribution in [0.5, 0.6) is 5.75 Å². The lowest BCUT2D eigenvalue weighted by molar-refractivity contribution is -0.384. The van der Waals surface area contributed by atoms with E-state index in [1.54, 1.807) is 31.2 Å². The lowest BCUT2D eigenvalue weighted by Crippen LogP contribution is -2.22. The van der Waals surface area contributed by atoms with E-state index in [0.717, 1.165) is 6.20 Å². The first-order valence-corrected chi connectivity index (χ1v) is 7.45. The van der Waals surface area contributed by atoms with Gasteiger partial charge in [-0.2, -0.15) is 0 Å². The summed E-state index contributed by atoms with van der Waals surface area (Å²) >= 11 is 4.91. The van der Waals surface area contributed by atoms with Gasteiger partial charge in [0, 0.05) is 11.9 Å². The zero-order valence-electron chi connectivity index (χ0n) is 12.5. The standard InChI is InChI=1S/C15H12N4O4S/c1-2-18-9-6-4-3-5-8(9)13(20)11(14(18)21)12-10(19(22)23)7-16-15(24)17-12/h3-7,20H,2H2,1H3,(H,16,17,24). The molecular formula is C15H12N4O4S. The first-order chi connectivity index (χ1) is 11.5. The van der Waals surface area contributed by atoms with Crippen molar-refractivity contribution in [1.29, 1.82) is 0 Å². The van der Waals surface area contributed by atoms with Gasteiger partial charge in [0.15, 0.2) is 4.77 Å². The zero-order valence-corrected chi connectivity index (χ0v) is 13.3. The fourth-order valence-corrected chi connectivity index (χ4v) is 2.80. The summed E-state index contributed by atoms with van der Waals surface area (Å²) in [6.45, 7) is 2.12. The van der Waals surface area contributed by atoms with Crippen molar-refractivity contribution in [2.75, 3.05) is 0 Å². The van der Waals surface area contributed by atoms with Crippen LogP contribution in [0.4, 0.5) is 5.69 Å². The maximum atomic E-state index is 12.8. The molecule has 0 spiro atoms. The van der Waals surface area contributed by atoms with Crippen LogP contribution in [0.25, 0.3) is 22.2 Å². The second kappa shape index (κ2) is 5.85. The molecule has 0 atom stereocenters. The molecule has 122 valence electrons. The minimum absolute atomic E-state index is 0.0226. The highest BCUT2D eigenvalue weighted by Gasteiger charge is 2.25. The molecule has 2 heterocycles. The van der Waals surface area contributed by atoms with Crippen molar-refractivity contribution in [3.8, 4) is 17.0 Å². The van der Waals surface area contributed by atoms with Crippen LogP contribution in [0.1, 0.15) is 6.92 Å². The number of nitrogens with zero attached hydrogens (tertiary/aromatic N) is 3. The van der Waals surface area contributed by atoms with E-state index in [1.807, 2.05) is 0 Å². The van der Waals surface area contributed by atoms with Gasteiger partial charge in [-0.15, -0.1) is 0 Å². The Hall–Kier alpha value is -3.07. The quantitative estimate of drug-likeness (QED) is 0.429. The number of aryl methyl sites for hydroxylation is 1. The number of aromatic hydroxyl groups is 1. The molecule has 3 rings (SSSR count). The molecule has 0 aliphatic heterocycles. The van der Waals surface area contributed by atoms with Gasteiger partial charge >= 0.3 is 5.69 Å². The van der Waals surface area contributed by atoms with Gasteiger partial charge in [-0.1, -0.05) is 12.1 Å². The summed E-state index contributed by atoms with van der Waals surface area (Å²) in [6, 6.07) is 6.79. The molecule has 2 aromatic heterocycles. The van der Waals surface area contributed by atoms with Crippen molar-refractivity contribution in [3.05, 3.63) is 55.7 Å². The van der Waals surface area contributed by atoms with Crippen LogP contribution in [0.15, 0.2) is 35.3 Å². The molecule has 0 unspecified atom stereocenters. The van der Waals surface area contributed by atoms with Crippen LogP contribution in [-0.4, -0.2) is 24.6 Å². The normalized spacial score (nSPS) is 10.9. The zero-order chi connectivity index (χ0) is 17.4. The average molecular weight is 344 g/mol. The van der Waals surface area contributed by atoms with Crippen LogP contribution < -0.4 is 5.56 Å². The van der Waals surface area contributed by atoms with Gasteiger partial charge in [-0.25, -0.2) is 4.98 Å². The van der Waals surface area contributed by atoms with Crippen LogP contribution in [0, 0.1) is 14.9 Å². The molecule has 0 amide bonds. The second-order valence-electron chi connectivity index (χ2n) is 5.00. The van der Waals surface area contributed by atoms with Crippen molar-refractivity contribution < 1.29 is 10.0 Å². The number of para-hydroxylation sites is 1. The van der Waals surface area contributed by atoms with E-state index in [0.29, 0.717) is 17.4 Å². The number of benzene rings is 1. The molecule has 0 aliphatic carbocycles. The van der Waals surface area contributed by atoms with Gasteiger partial charge in [-0.3, -0.25) is 14.9 Å². The Labute approximate surface area is 140 Å². The van der Waals surface area contributed by atoms with Crippen LogP contribution in [-0.2, 0) is 6.54 Å². The molecule has 3 aromatic rings. The molecule has 0 aliphatic rings. The first-order valence-electron chi connectivity index (χ1n) is 7.04. The summed E-state index contributed by atoms with van der Waals surface area (Å²) < 4.78 is 1.41. The summed E-state index contributed by atoms with van der Waals surface area (Å²) in [5.41, 5.74) is -0.796. The fourth-order valence-electron chi connectivity index (χ4n) is 2.65. The number of pyridine rings is 1. The predicted molar refractivity (Wildman–Crippen MR) is 90.6 cm³/mol. The fraction of sp³-hybridized carbons (Fsp3) is 0.133. The first kappa shape index (κ1) is 15.8. The van der Waals surface area contributed by atoms with Crippen molar-refractivity contribution >= 4 is 28.8 Å². The van der Waals surface area contributed by atoms with Crippen molar-refractivity contribution in [2.24, 2.45) is 0 Å². The molecule has 9 heteroatoms. The van der Waals surface area contributed by atoms with Gasteiger partial charge in [0.1, 0.15) is 23.2 Å². The molecule has 2 N–H and O–H groups in total. The van der Waals surface area contributed by atoms with E-state index in [4.69, 9.17) is 12.2 Å². The largest absolute Gasteiger partial charge is 0.506 e. The Kier molecular flexibility index (Phi) is 3.86. The number of rotatable bonds is 3. The third-order valence-corrected chi connectivity index (χ3v) is 3.91. The van der Waals surface area contributed by atoms with Gasteiger partial charge in [0.25, 0.3) is 5.56 Å². The van der Waals surface area contributed by atoms with E-state index >= 15 is 0 Å². The average Bonchev–Trinajstić information content (AvgIpc) is 2.55. The molecule has 24 heavy (non-hydrogen) atoms. The molecule has 8 nitrogen and oxygen atoms in total. The summed E-state index contributed by atoms with van der Waals surface area (Å²) in [6.07, 6.45) is 0.971. The van der Waals surface area contributed by atoms with Gasteiger partial charge in [0.2, 0.25) is 0 Å². The van der Waals surface area contributed by atoms with Gasteiger partial charge < -0.3 is 14.7 Å². The minimum Gasteiger partial charge on any atom is -0.506 e. The summed E-state index contributed by atoms with van der Waals surface area (Å²) in [5.74, 6) is -0.333. The maximum absolute atomic E-state index is 12.8. The topological polar surface area (TPSA) is 114 Å². The number of fused-ring (bicyclic) bond motifs is 1.